The lowest BCUT2D eigenvalue weighted by Crippen LogP contribution is -2.55. The Morgan fingerprint density at radius 3 is 2.53 bits per heavy atom. The molecule has 194 valence electrons. The van der Waals surface area contributed by atoms with Crippen LogP contribution in [0.4, 0.5) is 28.9 Å². The van der Waals surface area contributed by atoms with E-state index >= 15 is 4.39 Å². The highest BCUT2D eigenvalue weighted by molar-refractivity contribution is 7.81. The first-order chi connectivity index (χ1) is 18.1. The number of carbonyl (C=O) groups excluding carboxylic acids is 2. The van der Waals surface area contributed by atoms with E-state index in [2.05, 4.69) is 10.3 Å². The third-order valence-electron chi connectivity index (χ3n) is 6.64. The standard InChI is InChI=1S/C25H17F4N5O2S2/c26-19-11-17(5-3-15(19)13-32-20(35)21-31-8-9-38-21)34-23(37)33(22(36)24(34)6-1-7-24)16-4-2-14(12-30)18(10-16)25(27,28)29/h2-5,8-11H,1,6-7,13H2,(H,32,35). The summed E-state index contributed by atoms with van der Waals surface area (Å²) in [6.07, 6.45) is -1.87. The van der Waals surface area contributed by atoms with E-state index in [1.165, 1.54) is 35.4 Å². The molecule has 0 unspecified atom stereocenters. The number of thiazole rings is 1. The molecule has 13 heteroatoms. The Morgan fingerprint density at radius 2 is 1.95 bits per heavy atom. The van der Waals surface area contributed by atoms with Gasteiger partial charge >= 0.3 is 6.18 Å². The summed E-state index contributed by atoms with van der Waals surface area (Å²) in [6.45, 7) is -0.101. The number of aromatic nitrogens is 1. The van der Waals surface area contributed by atoms with Gasteiger partial charge in [-0.15, -0.1) is 11.3 Å². The Kier molecular flexibility index (Phi) is 6.40. The number of nitrogens with one attached hydrogen (secondary N) is 1. The Morgan fingerprint density at radius 1 is 1.21 bits per heavy atom. The number of nitriles is 1. The van der Waals surface area contributed by atoms with Gasteiger partial charge in [-0.3, -0.25) is 14.5 Å². The van der Waals surface area contributed by atoms with Crippen molar-refractivity contribution in [3.8, 4) is 6.07 Å². The molecule has 1 aliphatic heterocycles. The van der Waals surface area contributed by atoms with Gasteiger partial charge in [0, 0.05) is 29.4 Å². The molecule has 2 heterocycles. The fraction of sp³-hybridized carbons (Fsp3) is 0.240. The summed E-state index contributed by atoms with van der Waals surface area (Å²) in [4.78, 5) is 32.1. The Bertz CT molecular complexity index is 1500. The van der Waals surface area contributed by atoms with E-state index in [1.807, 2.05) is 0 Å². The van der Waals surface area contributed by atoms with Crippen LogP contribution in [-0.2, 0) is 17.5 Å². The van der Waals surface area contributed by atoms with Gasteiger partial charge in [0.1, 0.15) is 11.4 Å². The maximum atomic E-state index is 15.1. The molecule has 1 aromatic heterocycles. The lowest BCUT2D eigenvalue weighted by molar-refractivity contribution is -0.137. The highest BCUT2D eigenvalue weighted by Crippen LogP contribution is 2.48. The highest BCUT2D eigenvalue weighted by Gasteiger charge is 2.59. The number of hydrogen-bond acceptors (Lipinski definition) is 6. The molecule has 5 rings (SSSR count). The van der Waals surface area contributed by atoms with Gasteiger partial charge in [0.05, 0.1) is 22.9 Å². The first kappa shape index (κ1) is 25.7. The van der Waals surface area contributed by atoms with E-state index in [9.17, 15) is 22.8 Å². The van der Waals surface area contributed by atoms with Gasteiger partial charge in [-0.05, 0) is 61.8 Å². The van der Waals surface area contributed by atoms with E-state index < -0.39 is 40.5 Å². The van der Waals surface area contributed by atoms with Gasteiger partial charge in [0.25, 0.3) is 11.8 Å². The molecule has 0 radical (unpaired) electrons. The molecular formula is C25H17F4N5O2S2. The number of carbonyl (C=O) groups is 2. The van der Waals surface area contributed by atoms with E-state index in [-0.39, 0.29) is 33.6 Å². The van der Waals surface area contributed by atoms with Crippen molar-refractivity contribution in [2.75, 3.05) is 9.80 Å². The summed E-state index contributed by atoms with van der Waals surface area (Å²) < 4.78 is 55.8. The molecule has 0 atom stereocenters. The monoisotopic (exact) mass is 559 g/mol. The van der Waals surface area contributed by atoms with E-state index in [0.717, 1.165) is 28.4 Å². The molecule has 1 aliphatic carbocycles. The van der Waals surface area contributed by atoms with Crippen molar-refractivity contribution >= 4 is 51.9 Å². The van der Waals surface area contributed by atoms with Gasteiger partial charge in [-0.25, -0.2) is 9.37 Å². The number of thiocarbonyl (C=S) groups is 1. The number of anilines is 2. The van der Waals surface area contributed by atoms with Crippen LogP contribution in [0.2, 0.25) is 0 Å². The first-order valence-electron chi connectivity index (χ1n) is 11.3. The average molecular weight is 560 g/mol. The predicted octanol–water partition coefficient (Wildman–Crippen LogP) is 5.16. The molecule has 38 heavy (non-hydrogen) atoms. The van der Waals surface area contributed by atoms with Crippen LogP contribution < -0.4 is 15.1 Å². The van der Waals surface area contributed by atoms with Crippen LogP contribution in [0.1, 0.15) is 45.8 Å². The maximum Gasteiger partial charge on any atom is 0.417 e. The second-order valence-corrected chi connectivity index (χ2v) is 10.0. The summed E-state index contributed by atoms with van der Waals surface area (Å²) in [5.41, 5.74) is -2.56. The van der Waals surface area contributed by atoms with Crippen LogP contribution in [0.15, 0.2) is 48.0 Å². The minimum atomic E-state index is -4.81. The van der Waals surface area contributed by atoms with E-state index in [0.29, 0.717) is 19.3 Å². The smallest absolute Gasteiger partial charge is 0.346 e. The SMILES string of the molecule is N#Cc1ccc(N2C(=O)C3(CCC3)N(c3ccc(CNC(=O)c4nccs4)c(F)c3)C2=S)cc1C(F)(F)F. The number of hydrogen-bond donors (Lipinski definition) is 1. The summed E-state index contributed by atoms with van der Waals surface area (Å²) in [5.74, 6) is -1.60. The minimum absolute atomic E-state index is 0.0863. The summed E-state index contributed by atoms with van der Waals surface area (Å²) in [5, 5.41) is 13.5. The maximum absolute atomic E-state index is 15.1. The first-order valence-corrected chi connectivity index (χ1v) is 12.6. The molecule has 3 aromatic rings. The number of nitrogens with zero attached hydrogens (tertiary/aromatic N) is 4. The predicted molar refractivity (Wildman–Crippen MR) is 135 cm³/mol. The van der Waals surface area contributed by atoms with E-state index in [4.69, 9.17) is 17.5 Å². The minimum Gasteiger partial charge on any atom is -0.346 e. The van der Waals surface area contributed by atoms with Crippen molar-refractivity contribution in [3.05, 3.63) is 75.5 Å². The zero-order chi connectivity index (χ0) is 27.2. The van der Waals surface area contributed by atoms with Crippen LogP contribution in [-0.4, -0.2) is 27.4 Å². The van der Waals surface area contributed by atoms with Crippen molar-refractivity contribution in [2.45, 2.75) is 37.5 Å². The Balaban J connectivity index is 1.45. The molecule has 2 aromatic carbocycles. The van der Waals surface area contributed by atoms with Gasteiger partial charge in [0.2, 0.25) is 0 Å². The number of alkyl halides is 3. The molecular weight excluding hydrogens is 542 g/mol. The highest BCUT2D eigenvalue weighted by atomic mass is 32.1. The molecule has 1 N–H and O–H groups in total. The number of rotatable bonds is 5. The third kappa shape index (κ3) is 4.19. The largest absolute Gasteiger partial charge is 0.417 e. The molecule has 1 saturated heterocycles. The number of benzene rings is 2. The fourth-order valence-electron chi connectivity index (χ4n) is 4.62. The van der Waals surface area contributed by atoms with E-state index in [1.54, 1.807) is 11.4 Å². The Labute approximate surface area is 223 Å². The van der Waals surface area contributed by atoms with Crippen molar-refractivity contribution in [2.24, 2.45) is 0 Å². The zero-order valence-electron chi connectivity index (χ0n) is 19.4. The molecule has 2 aliphatic rings. The fourth-order valence-corrected chi connectivity index (χ4v) is 5.64. The number of halogens is 4. The molecule has 1 saturated carbocycles. The van der Waals surface area contributed by atoms with Crippen LogP contribution in [0.25, 0.3) is 0 Å². The number of amides is 2. The quantitative estimate of drug-likeness (QED) is 0.343. The molecule has 2 fully saturated rings. The van der Waals surface area contributed by atoms with Gasteiger partial charge < -0.3 is 10.2 Å². The molecule has 7 nitrogen and oxygen atoms in total. The Hall–Kier alpha value is -3.89. The molecule has 1 spiro atoms. The molecule has 2 amide bonds. The van der Waals surface area contributed by atoms with Crippen molar-refractivity contribution < 1.29 is 27.2 Å². The van der Waals surface area contributed by atoms with Crippen LogP contribution in [0.3, 0.4) is 0 Å². The lowest BCUT2D eigenvalue weighted by Gasteiger charge is -2.43. The van der Waals surface area contributed by atoms with Gasteiger partial charge in [0.15, 0.2) is 10.1 Å². The topological polar surface area (TPSA) is 89.3 Å². The average Bonchev–Trinajstić information content (AvgIpc) is 3.47. The summed E-state index contributed by atoms with van der Waals surface area (Å²) in [7, 11) is 0. The lowest BCUT2D eigenvalue weighted by atomic mass is 9.75. The van der Waals surface area contributed by atoms with Gasteiger partial charge in [-0.1, -0.05) is 6.07 Å². The normalized spacial score (nSPS) is 16.5. The zero-order valence-corrected chi connectivity index (χ0v) is 21.0. The van der Waals surface area contributed by atoms with Crippen LogP contribution in [0, 0.1) is 17.1 Å². The van der Waals surface area contributed by atoms with Crippen molar-refractivity contribution in [3.63, 3.8) is 0 Å². The summed E-state index contributed by atoms with van der Waals surface area (Å²) in [6, 6.07) is 8.68. The summed E-state index contributed by atoms with van der Waals surface area (Å²) >= 11 is 6.71. The van der Waals surface area contributed by atoms with Gasteiger partial charge in [-0.2, -0.15) is 18.4 Å². The third-order valence-corrected chi connectivity index (χ3v) is 7.78. The van der Waals surface area contributed by atoms with Crippen molar-refractivity contribution in [1.29, 1.82) is 5.26 Å². The second-order valence-electron chi connectivity index (χ2n) is 8.78. The van der Waals surface area contributed by atoms with Crippen molar-refractivity contribution in [1.82, 2.24) is 10.3 Å². The van der Waals surface area contributed by atoms with Crippen LogP contribution >= 0.6 is 23.6 Å². The van der Waals surface area contributed by atoms with Crippen LogP contribution in [0.5, 0.6) is 0 Å². The molecule has 0 bridgehead atoms. The second kappa shape index (κ2) is 9.45.